The lowest BCUT2D eigenvalue weighted by atomic mass is 10.1. The van der Waals surface area contributed by atoms with Gasteiger partial charge in [0.05, 0.1) is 19.8 Å². The van der Waals surface area contributed by atoms with E-state index >= 15 is 0 Å². The monoisotopic (exact) mass is 530 g/mol. The van der Waals surface area contributed by atoms with E-state index in [9.17, 15) is 19.8 Å². The second-order valence-corrected chi connectivity index (χ2v) is 10.3. The van der Waals surface area contributed by atoms with Crippen molar-refractivity contribution in [3.8, 4) is 0 Å². The molecule has 0 saturated carbocycles. The molecule has 0 aliphatic carbocycles. The zero-order chi connectivity index (χ0) is 27.4. The fraction of sp³-hybridized carbons (Fsp3) is 0.933. The molecule has 0 radical (unpaired) electrons. The maximum Gasteiger partial charge on any atom is 0.306 e. The van der Waals surface area contributed by atoms with Crippen LogP contribution in [0.1, 0.15) is 142 Å². The third-order valence-corrected chi connectivity index (χ3v) is 6.52. The molecule has 0 spiro atoms. The lowest BCUT2D eigenvalue weighted by Gasteiger charge is -2.17. The Bertz CT molecular complexity index is 512. The van der Waals surface area contributed by atoms with Gasteiger partial charge in [-0.1, -0.05) is 117 Å². The zero-order valence-corrected chi connectivity index (χ0v) is 24.1. The number of rotatable bonds is 28. The largest absolute Gasteiger partial charge is 0.463 e. The number of carbonyl (C=O) groups is 2. The van der Waals surface area contributed by atoms with Crippen molar-refractivity contribution in [1.29, 1.82) is 0 Å². The Balaban J connectivity index is 3.67. The van der Waals surface area contributed by atoms with E-state index in [0.717, 1.165) is 38.5 Å². The molecule has 2 unspecified atom stereocenters. The van der Waals surface area contributed by atoms with Crippen LogP contribution in [-0.4, -0.2) is 60.8 Å². The molecule has 0 amide bonds. The minimum absolute atomic E-state index is 0.0105. The summed E-state index contributed by atoms with van der Waals surface area (Å²) in [6.45, 7) is 3.90. The quantitative estimate of drug-likeness (QED) is 0.0862. The predicted octanol–water partition coefficient (Wildman–Crippen LogP) is 6.65. The van der Waals surface area contributed by atoms with Gasteiger partial charge in [-0.2, -0.15) is 0 Å². The first-order chi connectivity index (χ1) is 18.0. The van der Waals surface area contributed by atoms with Crippen LogP contribution in [0.3, 0.4) is 0 Å². The van der Waals surface area contributed by atoms with Gasteiger partial charge < -0.3 is 24.4 Å². The molecule has 7 nitrogen and oxygen atoms in total. The molecular formula is C30H58O7. The molecule has 220 valence electrons. The van der Waals surface area contributed by atoms with Crippen LogP contribution in [0.15, 0.2) is 0 Å². The van der Waals surface area contributed by atoms with E-state index in [1.165, 1.54) is 77.0 Å². The fourth-order valence-corrected chi connectivity index (χ4v) is 4.17. The molecule has 0 fully saturated rings. The maximum absolute atomic E-state index is 12.0. The van der Waals surface area contributed by atoms with Gasteiger partial charge in [-0.25, -0.2) is 0 Å². The summed E-state index contributed by atoms with van der Waals surface area (Å²) in [5.74, 6) is -0.641. The first-order valence-electron chi connectivity index (χ1n) is 15.2. The number of hydrogen-bond acceptors (Lipinski definition) is 7. The Morgan fingerprint density at radius 2 is 1.03 bits per heavy atom. The molecule has 0 heterocycles. The molecule has 0 saturated heterocycles. The van der Waals surface area contributed by atoms with Crippen LogP contribution in [0.25, 0.3) is 0 Å². The molecule has 2 atom stereocenters. The second-order valence-electron chi connectivity index (χ2n) is 10.3. The highest BCUT2D eigenvalue weighted by Crippen LogP contribution is 2.12. The van der Waals surface area contributed by atoms with Crippen LogP contribution in [0.4, 0.5) is 0 Å². The molecule has 0 aromatic rings. The van der Waals surface area contributed by atoms with Gasteiger partial charge in [0.2, 0.25) is 0 Å². The minimum atomic E-state index is -0.955. The van der Waals surface area contributed by atoms with Gasteiger partial charge in [0, 0.05) is 12.8 Å². The number of aliphatic hydroxyl groups excluding tert-OH is 2. The number of hydrogen-bond donors (Lipinski definition) is 2. The molecule has 7 heteroatoms. The van der Waals surface area contributed by atoms with E-state index in [1.807, 2.05) is 0 Å². The fourth-order valence-electron chi connectivity index (χ4n) is 4.17. The first-order valence-corrected chi connectivity index (χ1v) is 15.2. The molecule has 0 bridgehead atoms. The number of carbonyl (C=O) groups excluding carboxylic acids is 2. The van der Waals surface area contributed by atoms with E-state index in [0.29, 0.717) is 12.8 Å². The molecule has 2 N–H and O–H groups in total. The highest BCUT2D eigenvalue weighted by molar-refractivity contribution is 5.69. The zero-order valence-electron chi connectivity index (χ0n) is 24.1. The number of esters is 2. The van der Waals surface area contributed by atoms with E-state index < -0.39 is 12.2 Å². The Kier molecular flexibility index (Phi) is 27.0. The second kappa shape index (κ2) is 27.8. The van der Waals surface area contributed by atoms with Crippen molar-refractivity contribution in [3.63, 3.8) is 0 Å². The third-order valence-electron chi connectivity index (χ3n) is 6.52. The first kappa shape index (κ1) is 35.8. The van der Waals surface area contributed by atoms with Crippen molar-refractivity contribution in [1.82, 2.24) is 0 Å². The number of ether oxygens (including phenoxy) is 3. The van der Waals surface area contributed by atoms with E-state index in [1.54, 1.807) is 0 Å². The lowest BCUT2D eigenvalue weighted by molar-refractivity contribution is -0.157. The maximum atomic E-state index is 12.0. The van der Waals surface area contributed by atoms with Crippen molar-refractivity contribution in [2.24, 2.45) is 0 Å². The van der Waals surface area contributed by atoms with Crippen molar-refractivity contribution in [3.05, 3.63) is 0 Å². The van der Waals surface area contributed by atoms with Crippen molar-refractivity contribution < 1.29 is 34.0 Å². The molecular weight excluding hydrogens is 472 g/mol. The number of aliphatic hydroxyl groups is 2. The Hall–Kier alpha value is -1.18. The van der Waals surface area contributed by atoms with E-state index in [2.05, 4.69) is 13.8 Å². The average molecular weight is 531 g/mol. The van der Waals surface area contributed by atoms with Crippen LogP contribution in [0.5, 0.6) is 0 Å². The summed E-state index contributed by atoms with van der Waals surface area (Å²) in [6.07, 6.45) is 20.2. The summed E-state index contributed by atoms with van der Waals surface area (Å²) in [6, 6.07) is 0. The Morgan fingerprint density at radius 3 is 1.49 bits per heavy atom. The molecule has 0 aromatic carbocycles. The normalized spacial score (nSPS) is 12.9. The van der Waals surface area contributed by atoms with E-state index in [-0.39, 0.29) is 38.4 Å². The lowest BCUT2D eigenvalue weighted by Crippen LogP contribution is -2.30. The average Bonchev–Trinajstić information content (AvgIpc) is 2.89. The van der Waals surface area contributed by atoms with Gasteiger partial charge in [-0.15, -0.1) is 0 Å². The summed E-state index contributed by atoms with van der Waals surface area (Å²) in [7, 11) is 0. The summed E-state index contributed by atoms with van der Waals surface area (Å²) in [5, 5.41) is 19.4. The summed E-state index contributed by atoms with van der Waals surface area (Å²) in [5.41, 5.74) is 0. The van der Waals surface area contributed by atoms with Gasteiger partial charge in [0.1, 0.15) is 18.8 Å². The van der Waals surface area contributed by atoms with Gasteiger partial charge in [-0.3, -0.25) is 9.59 Å². The van der Waals surface area contributed by atoms with Crippen LogP contribution in [0, 0.1) is 0 Å². The topological polar surface area (TPSA) is 102 Å². The molecule has 0 rings (SSSR count). The Labute approximate surface area is 227 Å². The third kappa shape index (κ3) is 26.2. The van der Waals surface area contributed by atoms with Crippen molar-refractivity contribution in [2.45, 2.75) is 154 Å². The van der Waals surface area contributed by atoms with Crippen LogP contribution in [-0.2, 0) is 23.8 Å². The van der Waals surface area contributed by atoms with Gasteiger partial charge >= 0.3 is 11.9 Å². The summed E-state index contributed by atoms with van der Waals surface area (Å²) < 4.78 is 15.7. The van der Waals surface area contributed by atoms with E-state index in [4.69, 9.17) is 14.2 Å². The standard InChI is InChI=1S/C30H58O7/c1-3-5-7-9-11-13-15-17-19-21-29(33)36-25-27(32)24-35-26-28(23-31)37-30(34)22-20-18-16-14-12-10-8-6-4-2/h27-28,31-32H,3-26H2,1-2H3. The van der Waals surface area contributed by atoms with Gasteiger partial charge in [0.25, 0.3) is 0 Å². The highest BCUT2D eigenvalue weighted by atomic mass is 16.6. The summed E-state index contributed by atoms with van der Waals surface area (Å²) in [4.78, 5) is 23.8. The van der Waals surface area contributed by atoms with Crippen LogP contribution in [0.2, 0.25) is 0 Å². The van der Waals surface area contributed by atoms with Crippen LogP contribution < -0.4 is 0 Å². The molecule has 37 heavy (non-hydrogen) atoms. The smallest absolute Gasteiger partial charge is 0.306 e. The molecule has 0 aliphatic rings. The van der Waals surface area contributed by atoms with Crippen molar-refractivity contribution in [2.75, 3.05) is 26.4 Å². The number of unbranched alkanes of at least 4 members (excludes halogenated alkanes) is 16. The minimum Gasteiger partial charge on any atom is -0.463 e. The van der Waals surface area contributed by atoms with Crippen molar-refractivity contribution >= 4 is 11.9 Å². The highest BCUT2D eigenvalue weighted by Gasteiger charge is 2.15. The predicted molar refractivity (Wildman–Crippen MR) is 148 cm³/mol. The Morgan fingerprint density at radius 1 is 0.595 bits per heavy atom. The SMILES string of the molecule is CCCCCCCCCCCC(=O)OCC(O)COCC(CO)OC(=O)CCCCCCCCCCC. The molecule has 0 aliphatic heterocycles. The molecule has 0 aromatic heterocycles. The summed E-state index contributed by atoms with van der Waals surface area (Å²) >= 11 is 0. The van der Waals surface area contributed by atoms with Crippen LogP contribution >= 0.6 is 0 Å². The van der Waals surface area contributed by atoms with Gasteiger partial charge in [0.15, 0.2) is 0 Å². The van der Waals surface area contributed by atoms with Gasteiger partial charge in [-0.05, 0) is 12.8 Å².